The molecule has 1 aromatic heterocycles. The van der Waals surface area contributed by atoms with Crippen LogP contribution in [-0.2, 0) is 21.2 Å². The van der Waals surface area contributed by atoms with E-state index in [0.717, 1.165) is 4.88 Å². The first-order valence-corrected chi connectivity index (χ1v) is 9.22. The van der Waals surface area contributed by atoms with Crippen molar-refractivity contribution in [3.63, 3.8) is 0 Å². The molecular formula is C15H19NO4S2. The molecule has 2 rings (SSSR count). The largest absolute Gasteiger partial charge is 0.491 e. The molecule has 0 spiro atoms. The highest BCUT2D eigenvalue weighted by atomic mass is 32.2. The van der Waals surface area contributed by atoms with Crippen LogP contribution in [0.1, 0.15) is 4.88 Å². The van der Waals surface area contributed by atoms with Crippen LogP contribution in [0, 0.1) is 0 Å². The molecular weight excluding hydrogens is 322 g/mol. The minimum atomic E-state index is -3.48. The number of sulfonamides is 1. The lowest BCUT2D eigenvalue weighted by Gasteiger charge is -2.08. The topological polar surface area (TPSA) is 64.6 Å². The van der Waals surface area contributed by atoms with Gasteiger partial charge >= 0.3 is 0 Å². The van der Waals surface area contributed by atoms with E-state index in [1.54, 1.807) is 30.6 Å². The van der Waals surface area contributed by atoms with Gasteiger partial charge in [0.1, 0.15) is 12.4 Å². The Kier molecular flexibility index (Phi) is 6.38. The number of methoxy groups -OCH3 is 1. The Balaban J connectivity index is 1.88. The Morgan fingerprint density at radius 3 is 2.55 bits per heavy atom. The first-order valence-electron chi connectivity index (χ1n) is 6.85. The summed E-state index contributed by atoms with van der Waals surface area (Å²) >= 11 is 1.62. The fourth-order valence-corrected chi connectivity index (χ4v) is 3.55. The zero-order valence-corrected chi connectivity index (χ0v) is 14.0. The Morgan fingerprint density at radius 1 is 1.14 bits per heavy atom. The van der Waals surface area contributed by atoms with Gasteiger partial charge in [0.2, 0.25) is 10.0 Å². The SMILES string of the molecule is COCCOc1ccc(S(=O)(=O)NCCc2cccs2)cc1. The standard InChI is InChI=1S/C15H19NO4S2/c1-19-10-11-20-13-4-6-15(7-5-13)22(17,18)16-9-8-14-3-2-12-21-14/h2-7,12,16H,8-11H2,1H3. The molecule has 0 saturated heterocycles. The van der Waals surface area contributed by atoms with E-state index in [1.807, 2.05) is 17.5 Å². The van der Waals surface area contributed by atoms with Crippen molar-refractivity contribution in [2.24, 2.45) is 0 Å². The second-order valence-corrected chi connectivity index (χ2v) is 7.34. The van der Waals surface area contributed by atoms with E-state index in [-0.39, 0.29) is 4.90 Å². The molecule has 7 heteroatoms. The fraction of sp³-hybridized carbons (Fsp3) is 0.333. The molecule has 120 valence electrons. The van der Waals surface area contributed by atoms with Crippen LogP contribution in [0.5, 0.6) is 5.75 Å². The molecule has 0 saturated carbocycles. The molecule has 2 aromatic rings. The Morgan fingerprint density at radius 2 is 1.91 bits per heavy atom. The molecule has 5 nitrogen and oxygen atoms in total. The van der Waals surface area contributed by atoms with Crippen LogP contribution in [0.4, 0.5) is 0 Å². The van der Waals surface area contributed by atoms with E-state index < -0.39 is 10.0 Å². The van der Waals surface area contributed by atoms with Crippen molar-refractivity contribution in [3.05, 3.63) is 46.7 Å². The maximum Gasteiger partial charge on any atom is 0.240 e. The maximum atomic E-state index is 12.2. The van der Waals surface area contributed by atoms with E-state index in [4.69, 9.17) is 9.47 Å². The monoisotopic (exact) mass is 341 g/mol. The Bertz CT molecular complexity index is 651. The molecule has 0 fully saturated rings. The Hall–Kier alpha value is -1.41. The van der Waals surface area contributed by atoms with Crippen LogP contribution < -0.4 is 9.46 Å². The van der Waals surface area contributed by atoms with Gasteiger partial charge in [-0.1, -0.05) is 6.07 Å². The molecule has 0 aliphatic heterocycles. The third kappa shape index (κ3) is 5.10. The van der Waals surface area contributed by atoms with E-state index >= 15 is 0 Å². The molecule has 22 heavy (non-hydrogen) atoms. The van der Waals surface area contributed by atoms with Crippen LogP contribution in [0.2, 0.25) is 0 Å². The van der Waals surface area contributed by atoms with E-state index in [2.05, 4.69) is 4.72 Å². The van der Waals surface area contributed by atoms with Gasteiger partial charge in [-0.2, -0.15) is 0 Å². The fourth-order valence-electron chi connectivity index (χ4n) is 1.80. The third-order valence-electron chi connectivity index (χ3n) is 2.93. The lowest BCUT2D eigenvalue weighted by atomic mass is 10.3. The van der Waals surface area contributed by atoms with E-state index in [1.165, 1.54) is 12.1 Å². The Labute approximate surface area is 134 Å². The average Bonchev–Trinajstić information content (AvgIpc) is 3.01. The summed E-state index contributed by atoms with van der Waals surface area (Å²) in [7, 11) is -1.88. The lowest BCUT2D eigenvalue weighted by Crippen LogP contribution is -2.25. The predicted molar refractivity (Wildman–Crippen MR) is 87.0 cm³/mol. The second-order valence-electron chi connectivity index (χ2n) is 4.54. The van der Waals surface area contributed by atoms with Crippen LogP contribution in [0.25, 0.3) is 0 Å². The lowest BCUT2D eigenvalue weighted by molar-refractivity contribution is 0.146. The van der Waals surface area contributed by atoms with Gasteiger partial charge in [-0.25, -0.2) is 13.1 Å². The summed E-state index contributed by atoms with van der Waals surface area (Å²) in [4.78, 5) is 1.39. The average molecular weight is 341 g/mol. The molecule has 0 bridgehead atoms. The zero-order valence-electron chi connectivity index (χ0n) is 12.3. The van der Waals surface area contributed by atoms with E-state index in [9.17, 15) is 8.42 Å². The number of hydrogen-bond donors (Lipinski definition) is 1. The summed E-state index contributed by atoms with van der Waals surface area (Å²) in [6, 6.07) is 10.3. The molecule has 0 atom stereocenters. The number of thiophene rings is 1. The highest BCUT2D eigenvalue weighted by molar-refractivity contribution is 7.89. The van der Waals surface area contributed by atoms with Crippen molar-refractivity contribution in [2.45, 2.75) is 11.3 Å². The smallest absolute Gasteiger partial charge is 0.240 e. The third-order valence-corrected chi connectivity index (χ3v) is 5.35. The van der Waals surface area contributed by atoms with Gasteiger partial charge in [-0.3, -0.25) is 0 Å². The van der Waals surface area contributed by atoms with Gasteiger partial charge in [0.25, 0.3) is 0 Å². The summed E-state index contributed by atoms with van der Waals surface area (Å²) < 4.78 is 37.2. The van der Waals surface area contributed by atoms with Gasteiger partial charge in [0.05, 0.1) is 11.5 Å². The molecule has 1 aromatic carbocycles. The van der Waals surface area contributed by atoms with Gasteiger partial charge < -0.3 is 9.47 Å². The molecule has 1 heterocycles. The minimum Gasteiger partial charge on any atom is -0.491 e. The van der Waals surface area contributed by atoms with Crippen molar-refractivity contribution >= 4 is 21.4 Å². The second kappa shape index (κ2) is 8.28. The molecule has 1 N–H and O–H groups in total. The number of nitrogens with one attached hydrogen (secondary N) is 1. The normalized spacial score (nSPS) is 11.5. The van der Waals surface area contributed by atoms with Gasteiger partial charge in [0, 0.05) is 18.5 Å². The minimum absolute atomic E-state index is 0.234. The summed E-state index contributed by atoms with van der Waals surface area (Å²) in [6.45, 7) is 1.31. The van der Waals surface area contributed by atoms with Crippen LogP contribution >= 0.6 is 11.3 Å². The summed E-state index contributed by atoms with van der Waals surface area (Å²) in [5.74, 6) is 0.620. The molecule has 0 unspecified atom stereocenters. The highest BCUT2D eigenvalue weighted by Crippen LogP contribution is 2.16. The van der Waals surface area contributed by atoms with Gasteiger partial charge in [0.15, 0.2) is 0 Å². The van der Waals surface area contributed by atoms with Crippen molar-refractivity contribution in [1.29, 1.82) is 0 Å². The van der Waals surface area contributed by atoms with Crippen LogP contribution in [0.3, 0.4) is 0 Å². The quantitative estimate of drug-likeness (QED) is 0.711. The number of ether oxygens (including phenoxy) is 2. The van der Waals surface area contributed by atoms with Crippen molar-refractivity contribution in [2.75, 3.05) is 26.9 Å². The first kappa shape index (κ1) is 17.0. The van der Waals surface area contributed by atoms with Gasteiger partial charge in [-0.05, 0) is 42.1 Å². The predicted octanol–water partition coefficient (Wildman–Crippen LogP) is 2.29. The first-order chi connectivity index (χ1) is 10.6. The zero-order chi connectivity index (χ0) is 15.8. The van der Waals surface area contributed by atoms with Crippen molar-refractivity contribution in [1.82, 2.24) is 4.72 Å². The van der Waals surface area contributed by atoms with Gasteiger partial charge in [-0.15, -0.1) is 11.3 Å². The van der Waals surface area contributed by atoms with Crippen LogP contribution in [0.15, 0.2) is 46.7 Å². The molecule has 0 amide bonds. The highest BCUT2D eigenvalue weighted by Gasteiger charge is 2.13. The number of rotatable bonds is 9. The van der Waals surface area contributed by atoms with E-state index in [0.29, 0.717) is 31.9 Å². The molecule has 0 radical (unpaired) electrons. The van der Waals surface area contributed by atoms with Crippen molar-refractivity contribution < 1.29 is 17.9 Å². The van der Waals surface area contributed by atoms with Crippen LogP contribution in [-0.4, -0.2) is 35.3 Å². The molecule has 0 aliphatic rings. The van der Waals surface area contributed by atoms with Crippen molar-refractivity contribution in [3.8, 4) is 5.75 Å². The number of benzene rings is 1. The number of hydrogen-bond acceptors (Lipinski definition) is 5. The summed E-state index contributed by atoms with van der Waals surface area (Å²) in [5, 5.41) is 1.98. The summed E-state index contributed by atoms with van der Waals surface area (Å²) in [6.07, 6.45) is 0.690. The summed E-state index contributed by atoms with van der Waals surface area (Å²) in [5.41, 5.74) is 0. The molecule has 0 aliphatic carbocycles. The maximum absolute atomic E-state index is 12.2.